The molecule has 0 saturated heterocycles. The maximum Gasteiger partial charge on any atom is 0.354 e. The van der Waals surface area contributed by atoms with Crippen molar-refractivity contribution in [2.75, 3.05) is 17.6 Å². The van der Waals surface area contributed by atoms with Gasteiger partial charge in [0, 0.05) is 20.0 Å². The van der Waals surface area contributed by atoms with E-state index in [9.17, 15) is 4.79 Å². The molecule has 0 aliphatic rings. The minimum atomic E-state index is -1.09. The highest BCUT2D eigenvalue weighted by atomic mass is 16.4. The van der Waals surface area contributed by atoms with Crippen molar-refractivity contribution in [1.29, 1.82) is 0 Å². The monoisotopic (exact) mass is 262 g/mol. The Bertz CT molecular complexity index is 595. The molecule has 2 aromatic heterocycles. The standard InChI is InChI=1S/C11H14N6O2/c1-17-6-14-9(16-17)4-5-13-10-7(12)2-3-8(15-10)11(18)19/h2-3,6H,4-5,12H2,1H3,(H,13,15)(H,18,19). The van der Waals surface area contributed by atoms with Crippen molar-refractivity contribution in [3.8, 4) is 0 Å². The molecule has 0 spiro atoms. The summed E-state index contributed by atoms with van der Waals surface area (Å²) < 4.78 is 1.62. The summed E-state index contributed by atoms with van der Waals surface area (Å²) in [5, 5.41) is 16.0. The second-order valence-electron chi connectivity index (χ2n) is 3.95. The third kappa shape index (κ3) is 3.18. The zero-order chi connectivity index (χ0) is 13.8. The van der Waals surface area contributed by atoms with Gasteiger partial charge in [-0.25, -0.2) is 14.8 Å². The number of hydrogen-bond acceptors (Lipinski definition) is 6. The van der Waals surface area contributed by atoms with Crippen LogP contribution in [0.5, 0.6) is 0 Å². The highest BCUT2D eigenvalue weighted by Gasteiger charge is 2.08. The van der Waals surface area contributed by atoms with Gasteiger partial charge in [-0.2, -0.15) is 5.10 Å². The number of nitrogens with one attached hydrogen (secondary N) is 1. The molecule has 100 valence electrons. The van der Waals surface area contributed by atoms with Crippen LogP contribution in [0.15, 0.2) is 18.5 Å². The molecule has 0 amide bonds. The van der Waals surface area contributed by atoms with Crippen molar-refractivity contribution >= 4 is 17.5 Å². The Morgan fingerprint density at radius 1 is 1.53 bits per heavy atom. The fourth-order valence-electron chi connectivity index (χ4n) is 1.52. The van der Waals surface area contributed by atoms with Crippen LogP contribution in [-0.4, -0.2) is 37.4 Å². The summed E-state index contributed by atoms with van der Waals surface area (Å²) in [6, 6.07) is 2.88. The predicted octanol–water partition coefficient (Wildman–Crippen LogP) is 0.145. The zero-order valence-electron chi connectivity index (χ0n) is 10.4. The molecule has 0 aliphatic heterocycles. The topological polar surface area (TPSA) is 119 Å². The number of aromatic carboxylic acids is 1. The quantitative estimate of drug-likeness (QED) is 0.701. The van der Waals surface area contributed by atoms with E-state index in [1.54, 1.807) is 18.1 Å². The van der Waals surface area contributed by atoms with Crippen LogP contribution in [-0.2, 0) is 13.5 Å². The van der Waals surface area contributed by atoms with Gasteiger partial charge in [0.05, 0.1) is 5.69 Å². The molecule has 8 nitrogen and oxygen atoms in total. The second kappa shape index (κ2) is 5.34. The number of pyridine rings is 1. The van der Waals surface area contributed by atoms with Gasteiger partial charge in [-0.3, -0.25) is 4.68 Å². The third-order valence-electron chi connectivity index (χ3n) is 2.43. The number of rotatable bonds is 5. The maximum atomic E-state index is 10.8. The van der Waals surface area contributed by atoms with Crippen LogP contribution in [0.2, 0.25) is 0 Å². The summed E-state index contributed by atoms with van der Waals surface area (Å²) >= 11 is 0. The number of nitrogens with zero attached hydrogens (tertiary/aromatic N) is 4. The molecular weight excluding hydrogens is 248 g/mol. The minimum Gasteiger partial charge on any atom is -0.477 e. The van der Waals surface area contributed by atoms with E-state index in [1.165, 1.54) is 12.1 Å². The number of carbonyl (C=O) groups is 1. The lowest BCUT2D eigenvalue weighted by atomic mass is 10.3. The first-order valence-corrected chi connectivity index (χ1v) is 5.64. The molecule has 0 atom stereocenters. The number of nitrogen functional groups attached to an aromatic ring is 1. The molecule has 8 heteroatoms. The van der Waals surface area contributed by atoms with Crippen LogP contribution in [0.25, 0.3) is 0 Å². The van der Waals surface area contributed by atoms with Crippen LogP contribution < -0.4 is 11.1 Å². The highest BCUT2D eigenvalue weighted by molar-refractivity contribution is 5.86. The van der Waals surface area contributed by atoms with Crippen LogP contribution in [0.3, 0.4) is 0 Å². The lowest BCUT2D eigenvalue weighted by Crippen LogP contribution is -2.11. The van der Waals surface area contributed by atoms with Crippen molar-refractivity contribution in [1.82, 2.24) is 19.7 Å². The first kappa shape index (κ1) is 12.8. The largest absolute Gasteiger partial charge is 0.477 e. The molecule has 0 aliphatic carbocycles. The predicted molar refractivity (Wildman–Crippen MR) is 68.8 cm³/mol. The number of carboxylic acids is 1. The van der Waals surface area contributed by atoms with Crippen LogP contribution in [0.1, 0.15) is 16.3 Å². The Kier molecular flexibility index (Phi) is 3.60. The van der Waals surface area contributed by atoms with Gasteiger partial charge in [-0.15, -0.1) is 0 Å². The van der Waals surface area contributed by atoms with Gasteiger partial charge in [-0.1, -0.05) is 0 Å². The lowest BCUT2D eigenvalue weighted by molar-refractivity contribution is 0.0690. The van der Waals surface area contributed by atoms with Gasteiger partial charge in [0.1, 0.15) is 12.1 Å². The van der Waals surface area contributed by atoms with E-state index < -0.39 is 5.97 Å². The summed E-state index contributed by atoms with van der Waals surface area (Å²) in [5.41, 5.74) is 6.07. The summed E-state index contributed by atoms with van der Waals surface area (Å²) in [5.74, 6) is -0.0340. The first-order chi connectivity index (χ1) is 9.06. The van der Waals surface area contributed by atoms with E-state index in [-0.39, 0.29) is 5.69 Å². The molecular formula is C11H14N6O2. The second-order valence-corrected chi connectivity index (χ2v) is 3.95. The van der Waals surface area contributed by atoms with E-state index in [1.807, 2.05) is 0 Å². The molecule has 2 rings (SSSR count). The zero-order valence-corrected chi connectivity index (χ0v) is 10.4. The Balaban J connectivity index is 1.99. The molecule has 0 saturated carbocycles. The number of aryl methyl sites for hydroxylation is 1. The SMILES string of the molecule is Cn1cnc(CCNc2nc(C(=O)O)ccc2N)n1. The fourth-order valence-corrected chi connectivity index (χ4v) is 1.52. The van der Waals surface area contributed by atoms with Crippen LogP contribution >= 0.6 is 0 Å². The number of aromatic nitrogens is 4. The molecule has 2 heterocycles. The minimum absolute atomic E-state index is 0.0485. The van der Waals surface area contributed by atoms with Gasteiger partial charge >= 0.3 is 5.97 Å². The van der Waals surface area contributed by atoms with Gasteiger partial charge in [-0.05, 0) is 12.1 Å². The average Bonchev–Trinajstić information content (AvgIpc) is 2.77. The normalized spacial score (nSPS) is 10.4. The van der Waals surface area contributed by atoms with E-state index in [0.29, 0.717) is 30.3 Å². The summed E-state index contributed by atoms with van der Waals surface area (Å²) in [7, 11) is 1.79. The number of anilines is 2. The van der Waals surface area contributed by atoms with E-state index in [4.69, 9.17) is 10.8 Å². The van der Waals surface area contributed by atoms with Gasteiger partial charge in [0.25, 0.3) is 0 Å². The smallest absolute Gasteiger partial charge is 0.354 e. The first-order valence-electron chi connectivity index (χ1n) is 5.64. The lowest BCUT2D eigenvalue weighted by Gasteiger charge is -2.07. The Morgan fingerprint density at radius 2 is 2.32 bits per heavy atom. The molecule has 0 bridgehead atoms. The van der Waals surface area contributed by atoms with E-state index in [2.05, 4.69) is 20.4 Å². The Morgan fingerprint density at radius 3 is 2.95 bits per heavy atom. The van der Waals surface area contributed by atoms with Crippen molar-refractivity contribution in [3.05, 3.63) is 30.0 Å². The van der Waals surface area contributed by atoms with Crippen LogP contribution in [0.4, 0.5) is 11.5 Å². The van der Waals surface area contributed by atoms with Gasteiger partial charge in [0.15, 0.2) is 11.5 Å². The van der Waals surface area contributed by atoms with Crippen molar-refractivity contribution in [3.63, 3.8) is 0 Å². The van der Waals surface area contributed by atoms with E-state index in [0.717, 1.165) is 0 Å². The molecule has 0 radical (unpaired) electrons. The molecule has 0 fully saturated rings. The molecule has 2 aromatic rings. The van der Waals surface area contributed by atoms with Gasteiger partial charge in [0.2, 0.25) is 0 Å². The Hall–Kier alpha value is -2.64. The van der Waals surface area contributed by atoms with E-state index >= 15 is 0 Å². The number of hydrogen-bond donors (Lipinski definition) is 3. The number of nitrogens with two attached hydrogens (primary N) is 1. The summed E-state index contributed by atoms with van der Waals surface area (Å²) in [6.07, 6.45) is 2.21. The summed E-state index contributed by atoms with van der Waals surface area (Å²) in [4.78, 5) is 18.8. The van der Waals surface area contributed by atoms with Crippen LogP contribution in [0, 0.1) is 0 Å². The fraction of sp³-hybridized carbons (Fsp3) is 0.273. The third-order valence-corrected chi connectivity index (χ3v) is 2.43. The summed E-state index contributed by atoms with van der Waals surface area (Å²) in [6.45, 7) is 0.518. The average molecular weight is 262 g/mol. The van der Waals surface area contributed by atoms with Gasteiger partial charge < -0.3 is 16.2 Å². The van der Waals surface area contributed by atoms with Crippen molar-refractivity contribution < 1.29 is 9.90 Å². The molecule has 0 aromatic carbocycles. The number of carboxylic acid groups (broad SMARTS) is 1. The maximum absolute atomic E-state index is 10.8. The van der Waals surface area contributed by atoms with Crippen molar-refractivity contribution in [2.24, 2.45) is 7.05 Å². The highest BCUT2D eigenvalue weighted by Crippen LogP contribution is 2.15. The molecule has 19 heavy (non-hydrogen) atoms. The molecule has 0 unspecified atom stereocenters. The molecule has 4 N–H and O–H groups in total. The van der Waals surface area contributed by atoms with Crippen molar-refractivity contribution in [2.45, 2.75) is 6.42 Å². The Labute approximate surface area is 109 Å².